The smallest absolute Gasteiger partial charge is 0.358 e. The molecule has 0 aromatic carbocycles. The summed E-state index contributed by atoms with van der Waals surface area (Å²) in [6.07, 6.45) is 0.394. The molecule has 2 aromatic heterocycles. The lowest BCUT2D eigenvalue weighted by Crippen LogP contribution is -2.20. The average Bonchev–Trinajstić information content (AvgIpc) is 2.80. The number of aryl methyl sites for hydroxylation is 1. The largest absolute Gasteiger partial charge is 0.476 e. The van der Waals surface area contributed by atoms with Crippen LogP contribution in [0.15, 0.2) is 8.94 Å². The SMILES string of the molecule is Cc1nc2c(o1)CC(N)c1c(C(=O)O)noc1-2. The number of carboxylic acid groups (broad SMARTS) is 1. The van der Waals surface area contributed by atoms with Gasteiger partial charge in [-0.05, 0) is 0 Å². The van der Waals surface area contributed by atoms with Crippen LogP contribution in [0.5, 0.6) is 0 Å². The Morgan fingerprint density at radius 3 is 3.06 bits per heavy atom. The third-order valence-electron chi connectivity index (χ3n) is 2.73. The van der Waals surface area contributed by atoms with Gasteiger partial charge in [-0.25, -0.2) is 9.78 Å². The summed E-state index contributed by atoms with van der Waals surface area (Å²) < 4.78 is 10.4. The lowest BCUT2D eigenvalue weighted by atomic mass is 9.93. The van der Waals surface area contributed by atoms with Gasteiger partial charge in [-0.3, -0.25) is 0 Å². The number of aromatic carboxylic acids is 1. The first-order valence-corrected chi connectivity index (χ1v) is 5.03. The van der Waals surface area contributed by atoms with E-state index in [-0.39, 0.29) is 5.69 Å². The number of hydrogen-bond donors (Lipinski definition) is 2. The van der Waals surface area contributed by atoms with Crippen LogP contribution in [0.3, 0.4) is 0 Å². The van der Waals surface area contributed by atoms with E-state index in [4.69, 9.17) is 19.8 Å². The summed E-state index contributed by atoms with van der Waals surface area (Å²) >= 11 is 0. The minimum atomic E-state index is -1.16. The number of carboxylic acids is 1. The maximum absolute atomic E-state index is 11.0. The maximum Gasteiger partial charge on any atom is 0.358 e. The minimum absolute atomic E-state index is 0.154. The van der Waals surface area contributed by atoms with E-state index >= 15 is 0 Å². The number of aromatic nitrogens is 2. The monoisotopic (exact) mass is 235 g/mol. The van der Waals surface area contributed by atoms with E-state index in [0.29, 0.717) is 35.1 Å². The molecule has 17 heavy (non-hydrogen) atoms. The van der Waals surface area contributed by atoms with Crippen molar-refractivity contribution in [1.82, 2.24) is 10.1 Å². The zero-order chi connectivity index (χ0) is 12.2. The molecule has 1 unspecified atom stereocenters. The van der Waals surface area contributed by atoms with E-state index in [1.165, 1.54) is 0 Å². The van der Waals surface area contributed by atoms with Crippen molar-refractivity contribution in [3.63, 3.8) is 0 Å². The maximum atomic E-state index is 11.0. The van der Waals surface area contributed by atoms with E-state index in [0.717, 1.165) is 0 Å². The van der Waals surface area contributed by atoms with E-state index in [9.17, 15) is 4.79 Å². The molecule has 88 valence electrons. The molecular formula is C10H9N3O4. The van der Waals surface area contributed by atoms with Crippen molar-refractivity contribution in [3.8, 4) is 11.5 Å². The topological polar surface area (TPSA) is 115 Å². The Morgan fingerprint density at radius 1 is 1.59 bits per heavy atom. The van der Waals surface area contributed by atoms with Gasteiger partial charge in [0.05, 0.1) is 5.56 Å². The third kappa shape index (κ3) is 1.29. The van der Waals surface area contributed by atoms with Gasteiger partial charge in [0.25, 0.3) is 0 Å². The lowest BCUT2D eigenvalue weighted by Gasteiger charge is -2.14. The molecule has 0 fully saturated rings. The number of carbonyl (C=O) groups is 1. The second kappa shape index (κ2) is 3.17. The van der Waals surface area contributed by atoms with Crippen molar-refractivity contribution >= 4 is 5.97 Å². The van der Waals surface area contributed by atoms with Crippen LogP contribution in [0.2, 0.25) is 0 Å². The summed E-state index contributed by atoms with van der Waals surface area (Å²) in [5.74, 6) is 0.237. The molecule has 1 atom stereocenters. The van der Waals surface area contributed by atoms with E-state index < -0.39 is 12.0 Å². The first kappa shape index (κ1) is 10.0. The Labute approximate surface area is 95.2 Å². The third-order valence-corrected chi connectivity index (χ3v) is 2.73. The molecule has 3 rings (SSSR count). The molecular weight excluding hydrogens is 226 g/mol. The average molecular weight is 235 g/mol. The Hall–Kier alpha value is -2.15. The fraction of sp³-hybridized carbons (Fsp3) is 0.300. The van der Waals surface area contributed by atoms with Crippen LogP contribution in [0.25, 0.3) is 11.5 Å². The summed E-state index contributed by atoms with van der Waals surface area (Å²) in [5, 5.41) is 12.5. The molecule has 0 radical (unpaired) electrons. The Morgan fingerprint density at radius 2 is 2.35 bits per heavy atom. The summed E-state index contributed by atoms with van der Waals surface area (Å²) in [7, 11) is 0. The number of rotatable bonds is 1. The predicted octanol–water partition coefficient (Wildman–Crippen LogP) is 0.892. The number of oxazole rings is 1. The lowest BCUT2D eigenvalue weighted by molar-refractivity contribution is 0.0684. The fourth-order valence-electron chi connectivity index (χ4n) is 2.05. The summed E-state index contributed by atoms with van der Waals surface area (Å²) in [4.78, 5) is 15.1. The normalized spacial score (nSPS) is 17.6. The number of nitrogens with two attached hydrogens (primary N) is 1. The molecule has 2 heterocycles. The van der Waals surface area contributed by atoms with Crippen LogP contribution in [-0.4, -0.2) is 21.2 Å². The molecule has 2 aromatic rings. The standard InChI is InChI=1S/C10H9N3O4/c1-3-12-7-5(16-3)2-4(11)6-8(10(14)15)13-17-9(6)7/h4H,2,11H2,1H3,(H,14,15). The highest BCUT2D eigenvalue weighted by molar-refractivity contribution is 5.89. The van der Waals surface area contributed by atoms with Gasteiger partial charge >= 0.3 is 5.97 Å². The number of fused-ring (bicyclic) bond motifs is 3. The Balaban J connectivity index is 2.26. The van der Waals surface area contributed by atoms with Crippen molar-refractivity contribution in [3.05, 3.63) is 22.9 Å². The molecule has 1 aliphatic carbocycles. The second-order valence-corrected chi connectivity index (χ2v) is 3.89. The number of nitrogens with zero attached hydrogens (tertiary/aromatic N) is 2. The van der Waals surface area contributed by atoms with Crippen LogP contribution in [0.4, 0.5) is 0 Å². The molecule has 0 spiro atoms. The molecule has 0 amide bonds. The van der Waals surface area contributed by atoms with Crippen LogP contribution in [0, 0.1) is 6.92 Å². The molecule has 0 saturated carbocycles. The zero-order valence-electron chi connectivity index (χ0n) is 8.93. The molecule has 0 aliphatic heterocycles. The van der Waals surface area contributed by atoms with Crippen molar-refractivity contribution in [1.29, 1.82) is 0 Å². The molecule has 3 N–H and O–H groups in total. The molecule has 1 aliphatic rings. The van der Waals surface area contributed by atoms with Gasteiger partial charge in [0.2, 0.25) is 0 Å². The number of hydrogen-bond acceptors (Lipinski definition) is 6. The van der Waals surface area contributed by atoms with E-state index in [1.54, 1.807) is 6.92 Å². The van der Waals surface area contributed by atoms with Gasteiger partial charge in [-0.2, -0.15) is 0 Å². The first-order valence-electron chi connectivity index (χ1n) is 5.03. The van der Waals surface area contributed by atoms with Crippen LogP contribution >= 0.6 is 0 Å². The first-order chi connectivity index (χ1) is 8.08. The van der Waals surface area contributed by atoms with Crippen LogP contribution < -0.4 is 5.73 Å². The van der Waals surface area contributed by atoms with Crippen LogP contribution in [-0.2, 0) is 6.42 Å². The zero-order valence-corrected chi connectivity index (χ0v) is 8.93. The van der Waals surface area contributed by atoms with Crippen molar-refractivity contribution in [2.24, 2.45) is 5.73 Å². The quantitative estimate of drug-likeness (QED) is 0.753. The van der Waals surface area contributed by atoms with Crippen molar-refractivity contribution in [2.45, 2.75) is 19.4 Å². The highest BCUT2D eigenvalue weighted by Crippen LogP contribution is 2.39. The van der Waals surface area contributed by atoms with Gasteiger partial charge in [0.15, 0.2) is 23.0 Å². The fourth-order valence-corrected chi connectivity index (χ4v) is 2.05. The summed E-state index contributed by atoms with van der Waals surface area (Å²) in [6.45, 7) is 1.71. The van der Waals surface area contributed by atoms with E-state index in [2.05, 4.69) is 10.1 Å². The highest BCUT2D eigenvalue weighted by Gasteiger charge is 2.35. The molecule has 0 bridgehead atoms. The Kier molecular flexibility index (Phi) is 1.87. The van der Waals surface area contributed by atoms with Gasteiger partial charge in [-0.1, -0.05) is 5.16 Å². The predicted molar refractivity (Wildman–Crippen MR) is 54.3 cm³/mol. The highest BCUT2D eigenvalue weighted by atomic mass is 16.5. The molecule has 7 heteroatoms. The van der Waals surface area contributed by atoms with Gasteiger partial charge in [0.1, 0.15) is 5.76 Å². The minimum Gasteiger partial charge on any atom is -0.476 e. The van der Waals surface area contributed by atoms with E-state index in [1.807, 2.05) is 0 Å². The summed E-state index contributed by atoms with van der Waals surface area (Å²) in [6, 6.07) is -0.498. The summed E-state index contributed by atoms with van der Waals surface area (Å²) in [5.41, 5.74) is 6.64. The van der Waals surface area contributed by atoms with Crippen molar-refractivity contribution < 1.29 is 18.8 Å². The molecule has 7 nitrogen and oxygen atoms in total. The van der Waals surface area contributed by atoms with Crippen LogP contribution in [0.1, 0.15) is 33.7 Å². The molecule has 0 saturated heterocycles. The van der Waals surface area contributed by atoms with Gasteiger partial charge in [-0.15, -0.1) is 0 Å². The second-order valence-electron chi connectivity index (χ2n) is 3.89. The van der Waals surface area contributed by atoms with Gasteiger partial charge < -0.3 is 19.8 Å². The Bertz CT molecular complexity index is 613. The van der Waals surface area contributed by atoms with Gasteiger partial charge in [0, 0.05) is 19.4 Å². The van der Waals surface area contributed by atoms with Crippen molar-refractivity contribution in [2.75, 3.05) is 0 Å².